The summed E-state index contributed by atoms with van der Waals surface area (Å²) in [7, 11) is 3.18. The van der Waals surface area contributed by atoms with Gasteiger partial charge in [-0.05, 0) is 24.1 Å². The van der Waals surface area contributed by atoms with Crippen LogP contribution in [0.4, 0.5) is 5.69 Å². The highest BCUT2D eigenvalue weighted by Crippen LogP contribution is 2.28. The molecule has 0 fully saturated rings. The van der Waals surface area contributed by atoms with Crippen molar-refractivity contribution in [1.29, 1.82) is 0 Å². The number of amides is 1. The minimum Gasteiger partial charge on any atom is -0.497 e. The van der Waals surface area contributed by atoms with E-state index in [0.29, 0.717) is 18.0 Å². The third-order valence-electron chi connectivity index (χ3n) is 3.43. The lowest BCUT2D eigenvalue weighted by Gasteiger charge is -2.12. The van der Waals surface area contributed by atoms with E-state index in [0.717, 1.165) is 12.1 Å². The molecule has 5 heteroatoms. The van der Waals surface area contributed by atoms with Crippen molar-refractivity contribution in [2.75, 3.05) is 32.6 Å². The Hall–Kier alpha value is -2.69. The van der Waals surface area contributed by atoms with Gasteiger partial charge in [0.2, 0.25) is 5.91 Å². The van der Waals surface area contributed by atoms with Gasteiger partial charge >= 0.3 is 0 Å². The molecule has 2 rings (SSSR count). The molecular formula is C18H22N2O3. The van der Waals surface area contributed by atoms with E-state index in [2.05, 4.69) is 10.6 Å². The van der Waals surface area contributed by atoms with Gasteiger partial charge in [-0.25, -0.2) is 0 Å². The topological polar surface area (TPSA) is 59.6 Å². The number of methoxy groups -OCH3 is 2. The molecule has 0 unspecified atom stereocenters. The number of anilines is 1. The molecule has 1 amide bonds. The predicted octanol–water partition coefficient (Wildman–Crippen LogP) is 2.47. The normalized spacial score (nSPS) is 10.0. The fraction of sp³-hybridized carbons (Fsp3) is 0.278. The number of ether oxygens (including phenoxy) is 2. The van der Waals surface area contributed by atoms with Gasteiger partial charge in [0.15, 0.2) is 0 Å². The number of carbonyl (C=O) groups is 1. The van der Waals surface area contributed by atoms with Crippen LogP contribution in [0.2, 0.25) is 0 Å². The number of hydrogen-bond donors (Lipinski definition) is 2. The molecule has 0 aromatic heterocycles. The van der Waals surface area contributed by atoms with Crippen LogP contribution in [0.25, 0.3) is 0 Å². The molecule has 2 N–H and O–H groups in total. The smallest absolute Gasteiger partial charge is 0.239 e. The van der Waals surface area contributed by atoms with Crippen LogP contribution in [0.1, 0.15) is 5.56 Å². The van der Waals surface area contributed by atoms with Gasteiger partial charge in [0.25, 0.3) is 0 Å². The average molecular weight is 314 g/mol. The second-order valence-corrected chi connectivity index (χ2v) is 5.01. The number of rotatable bonds is 8. The summed E-state index contributed by atoms with van der Waals surface area (Å²) in [5, 5.41) is 5.97. The summed E-state index contributed by atoms with van der Waals surface area (Å²) < 4.78 is 10.4. The van der Waals surface area contributed by atoms with E-state index in [9.17, 15) is 4.79 Å². The molecule has 0 saturated carbocycles. The predicted molar refractivity (Wildman–Crippen MR) is 91.2 cm³/mol. The maximum Gasteiger partial charge on any atom is 0.239 e. The van der Waals surface area contributed by atoms with Crippen molar-refractivity contribution in [3.8, 4) is 11.5 Å². The van der Waals surface area contributed by atoms with Gasteiger partial charge in [0.1, 0.15) is 11.5 Å². The van der Waals surface area contributed by atoms with Crippen molar-refractivity contribution >= 4 is 11.6 Å². The number of nitrogens with one attached hydrogen (secondary N) is 2. The average Bonchev–Trinajstić information content (AvgIpc) is 2.60. The Morgan fingerprint density at radius 3 is 2.52 bits per heavy atom. The number of carbonyl (C=O) groups excluding carboxylic acids is 1. The summed E-state index contributed by atoms with van der Waals surface area (Å²) in [5.41, 5.74) is 1.96. The van der Waals surface area contributed by atoms with Crippen molar-refractivity contribution < 1.29 is 14.3 Å². The van der Waals surface area contributed by atoms with E-state index < -0.39 is 0 Å². The SMILES string of the molecule is COc1ccc(NCC(=O)NCCc2ccccc2)c(OC)c1. The number of benzene rings is 2. The summed E-state index contributed by atoms with van der Waals surface area (Å²) in [6, 6.07) is 15.5. The van der Waals surface area contributed by atoms with Gasteiger partial charge in [0.05, 0.1) is 26.5 Å². The molecular weight excluding hydrogens is 292 g/mol. The first-order valence-corrected chi connectivity index (χ1v) is 7.49. The van der Waals surface area contributed by atoms with Gasteiger partial charge < -0.3 is 20.1 Å². The van der Waals surface area contributed by atoms with E-state index in [1.165, 1.54) is 5.56 Å². The molecule has 5 nitrogen and oxygen atoms in total. The zero-order chi connectivity index (χ0) is 16.5. The molecule has 0 radical (unpaired) electrons. The lowest BCUT2D eigenvalue weighted by Crippen LogP contribution is -2.31. The molecule has 0 aliphatic rings. The molecule has 0 saturated heterocycles. The molecule has 0 aliphatic carbocycles. The summed E-state index contributed by atoms with van der Waals surface area (Å²) in [6.45, 7) is 0.807. The minimum absolute atomic E-state index is 0.0567. The van der Waals surface area contributed by atoms with E-state index in [1.807, 2.05) is 42.5 Å². The maximum absolute atomic E-state index is 11.9. The molecule has 122 valence electrons. The van der Waals surface area contributed by atoms with Gasteiger partial charge in [-0.1, -0.05) is 30.3 Å². The van der Waals surface area contributed by atoms with E-state index >= 15 is 0 Å². The van der Waals surface area contributed by atoms with Gasteiger partial charge in [0, 0.05) is 12.6 Å². The van der Waals surface area contributed by atoms with Crippen LogP contribution in [-0.4, -0.2) is 33.2 Å². The highest BCUT2D eigenvalue weighted by atomic mass is 16.5. The molecule has 0 heterocycles. The first-order chi connectivity index (χ1) is 11.2. The third kappa shape index (κ3) is 5.21. The second-order valence-electron chi connectivity index (χ2n) is 5.01. The van der Waals surface area contributed by atoms with Gasteiger partial charge in [-0.2, -0.15) is 0 Å². The summed E-state index contributed by atoms with van der Waals surface area (Å²) in [5.74, 6) is 1.29. The zero-order valence-corrected chi connectivity index (χ0v) is 13.5. The van der Waals surface area contributed by atoms with Crippen molar-refractivity contribution in [3.05, 3.63) is 54.1 Å². The standard InChI is InChI=1S/C18H22N2O3/c1-22-15-8-9-16(17(12-15)23-2)20-13-18(21)19-11-10-14-6-4-3-5-7-14/h3-9,12,20H,10-11,13H2,1-2H3,(H,19,21). The van der Waals surface area contributed by atoms with Gasteiger partial charge in [-0.3, -0.25) is 4.79 Å². The Morgan fingerprint density at radius 1 is 1.04 bits per heavy atom. The van der Waals surface area contributed by atoms with Crippen molar-refractivity contribution in [2.24, 2.45) is 0 Å². The van der Waals surface area contributed by atoms with Crippen LogP contribution in [0.15, 0.2) is 48.5 Å². The lowest BCUT2D eigenvalue weighted by molar-refractivity contribution is -0.119. The Labute approximate surface area is 136 Å². The molecule has 0 atom stereocenters. The van der Waals surface area contributed by atoms with E-state index in [4.69, 9.17) is 9.47 Å². The van der Waals surface area contributed by atoms with Crippen molar-refractivity contribution in [1.82, 2.24) is 5.32 Å². The highest BCUT2D eigenvalue weighted by Gasteiger charge is 2.07. The van der Waals surface area contributed by atoms with Crippen molar-refractivity contribution in [2.45, 2.75) is 6.42 Å². The second kappa shape index (κ2) is 8.68. The summed E-state index contributed by atoms with van der Waals surface area (Å²) in [6.07, 6.45) is 0.818. The maximum atomic E-state index is 11.9. The quantitative estimate of drug-likeness (QED) is 0.786. The first-order valence-electron chi connectivity index (χ1n) is 7.49. The molecule has 2 aromatic rings. The van der Waals surface area contributed by atoms with Crippen LogP contribution in [0.3, 0.4) is 0 Å². The van der Waals surface area contributed by atoms with Crippen LogP contribution in [0.5, 0.6) is 11.5 Å². The Balaban J connectivity index is 1.78. The van der Waals surface area contributed by atoms with Crippen molar-refractivity contribution in [3.63, 3.8) is 0 Å². The van der Waals surface area contributed by atoms with Crippen LogP contribution < -0.4 is 20.1 Å². The summed E-state index contributed by atoms with van der Waals surface area (Å²) in [4.78, 5) is 11.9. The molecule has 0 aliphatic heterocycles. The van der Waals surface area contributed by atoms with Gasteiger partial charge in [-0.15, -0.1) is 0 Å². The molecule has 0 spiro atoms. The van der Waals surface area contributed by atoms with Crippen LogP contribution >= 0.6 is 0 Å². The highest BCUT2D eigenvalue weighted by molar-refractivity contribution is 5.81. The van der Waals surface area contributed by atoms with Crippen LogP contribution in [-0.2, 0) is 11.2 Å². The Bertz CT molecular complexity index is 629. The Kier molecular flexibility index (Phi) is 6.29. The largest absolute Gasteiger partial charge is 0.497 e. The van der Waals surface area contributed by atoms with E-state index in [1.54, 1.807) is 20.3 Å². The third-order valence-corrected chi connectivity index (χ3v) is 3.43. The monoisotopic (exact) mass is 314 g/mol. The molecule has 0 bridgehead atoms. The lowest BCUT2D eigenvalue weighted by atomic mass is 10.1. The van der Waals surface area contributed by atoms with E-state index in [-0.39, 0.29) is 12.5 Å². The molecule has 23 heavy (non-hydrogen) atoms. The first kappa shape index (κ1) is 16.7. The fourth-order valence-electron chi connectivity index (χ4n) is 2.17. The van der Waals surface area contributed by atoms with Crippen LogP contribution in [0, 0.1) is 0 Å². The molecule has 2 aromatic carbocycles. The minimum atomic E-state index is -0.0567. The number of hydrogen-bond acceptors (Lipinski definition) is 4. The fourth-order valence-corrected chi connectivity index (χ4v) is 2.17. The Morgan fingerprint density at radius 2 is 1.83 bits per heavy atom. The summed E-state index contributed by atoms with van der Waals surface area (Å²) >= 11 is 0. The zero-order valence-electron chi connectivity index (χ0n) is 13.5.